The van der Waals surface area contributed by atoms with Crippen LogP contribution in [0.3, 0.4) is 0 Å². The third-order valence-electron chi connectivity index (χ3n) is 5.65. The van der Waals surface area contributed by atoms with E-state index in [4.69, 9.17) is 16.0 Å². The second-order valence-corrected chi connectivity index (χ2v) is 10.1. The Bertz CT molecular complexity index is 1150. The molecule has 158 valence electrons. The number of furan rings is 1. The largest absolute Gasteiger partial charge is 0.508 e. The normalized spacial score (nSPS) is 18.6. The van der Waals surface area contributed by atoms with E-state index in [2.05, 4.69) is 0 Å². The summed E-state index contributed by atoms with van der Waals surface area (Å²) < 4.78 is 34.4. The maximum atomic E-state index is 13.5. The minimum Gasteiger partial charge on any atom is -0.508 e. The number of phenolic OH excluding ortho intramolecular Hbond substituents is 1. The molecule has 1 aromatic heterocycles. The van der Waals surface area contributed by atoms with Gasteiger partial charge in [0.1, 0.15) is 17.3 Å². The van der Waals surface area contributed by atoms with Crippen LogP contribution in [0.25, 0.3) is 0 Å². The Kier molecular flexibility index (Phi) is 5.66. The Morgan fingerprint density at radius 3 is 2.50 bits per heavy atom. The number of nitrogens with zero attached hydrogens (tertiary/aromatic N) is 1. The van der Waals surface area contributed by atoms with Crippen LogP contribution in [-0.4, -0.2) is 30.4 Å². The Morgan fingerprint density at radius 2 is 1.83 bits per heavy atom. The summed E-state index contributed by atoms with van der Waals surface area (Å²) >= 11 is 6.22. The van der Waals surface area contributed by atoms with Crippen molar-refractivity contribution in [2.45, 2.75) is 43.5 Å². The first-order chi connectivity index (χ1) is 14.3. The molecular weight excluding hydrogens is 422 g/mol. The van der Waals surface area contributed by atoms with Gasteiger partial charge in [-0.25, -0.2) is 8.42 Å². The molecule has 2 heterocycles. The highest BCUT2D eigenvalue weighted by Crippen LogP contribution is 2.43. The van der Waals surface area contributed by atoms with Crippen LogP contribution in [0, 0.1) is 13.8 Å². The van der Waals surface area contributed by atoms with Crippen molar-refractivity contribution in [1.29, 1.82) is 0 Å². The van der Waals surface area contributed by atoms with Crippen molar-refractivity contribution in [3.8, 4) is 5.75 Å². The van der Waals surface area contributed by atoms with Crippen molar-refractivity contribution in [3.05, 3.63) is 82.3 Å². The van der Waals surface area contributed by atoms with Gasteiger partial charge in [0.25, 0.3) is 0 Å². The third kappa shape index (κ3) is 3.87. The van der Waals surface area contributed by atoms with Crippen LogP contribution in [0.5, 0.6) is 5.75 Å². The van der Waals surface area contributed by atoms with E-state index in [1.54, 1.807) is 40.7 Å². The predicted molar refractivity (Wildman–Crippen MR) is 116 cm³/mol. The van der Waals surface area contributed by atoms with Gasteiger partial charge in [-0.1, -0.05) is 29.3 Å². The lowest BCUT2D eigenvalue weighted by molar-refractivity contribution is 0.324. The lowest BCUT2D eigenvalue weighted by Gasteiger charge is -2.31. The van der Waals surface area contributed by atoms with Gasteiger partial charge in [-0.15, -0.1) is 0 Å². The van der Waals surface area contributed by atoms with Crippen LogP contribution in [0.15, 0.2) is 63.9 Å². The quantitative estimate of drug-likeness (QED) is 0.582. The van der Waals surface area contributed by atoms with Gasteiger partial charge in [-0.2, -0.15) is 4.31 Å². The van der Waals surface area contributed by atoms with Gasteiger partial charge in [0, 0.05) is 23.2 Å². The second-order valence-electron chi connectivity index (χ2n) is 7.77. The molecule has 2 atom stereocenters. The smallest absolute Gasteiger partial charge is 0.243 e. The molecule has 0 amide bonds. The molecule has 1 aliphatic heterocycles. The van der Waals surface area contributed by atoms with E-state index in [0.29, 0.717) is 29.3 Å². The highest BCUT2D eigenvalue weighted by molar-refractivity contribution is 7.89. The van der Waals surface area contributed by atoms with Crippen molar-refractivity contribution >= 4 is 21.6 Å². The highest BCUT2D eigenvalue weighted by atomic mass is 35.5. The first kappa shape index (κ1) is 21.0. The summed E-state index contributed by atoms with van der Waals surface area (Å²) in [6, 6.07) is 15.0. The van der Waals surface area contributed by atoms with E-state index in [9.17, 15) is 13.5 Å². The van der Waals surface area contributed by atoms with E-state index in [-0.39, 0.29) is 10.6 Å². The van der Waals surface area contributed by atoms with Crippen LogP contribution in [0.4, 0.5) is 0 Å². The molecule has 0 radical (unpaired) electrons. The summed E-state index contributed by atoms with van der Waals surface area (Å²) in [7, 11) is -3.70. The molecule has 3 aromatic rings. The molecule has 1 saturated heterocycles. The first-order valence-corrected chi connectivity index (χ1v) is 11.7. The number of halogens is 1. The lowest BCUT2D eigenvalue weighted by Crippen LogP contribution is -2.39. The fraction of sp³-hybridized carbons (Fsp3) is 0.304. The molecular formula is C23H24ClNO4S. The zero-order valence-corrected chi connectivity index (χ0v) is 18.4. The summed E-state index contributed by atoms with van der Waals surface area (Å²) in [5, 5.41) is 11.1. The SMILES string of the molecule is Cc1ccc(S(=O)(=O)N2CCC[C@@H]2[C@H](c2ccc(C)o2)c2cc(Cl)ccc2O)cc1. The maximum Gasteiger partial charge on any atom is 0.243 e. The Balaban J connectivity index is 1.82. The summed E-state index contributed by atoms with van der Waals surface area (Å²) in [4.78, 5) is 0.268. The number of aryl methyl sites for hydroxylation is 2. The molecule has 30 heavy (non-hydrogen) atoms. The Hall–Kier alpha value is -2.28. The second kappa shape index (κ2) is 8.10. The molecule has 0 unspecified atom stereocenters. The summed E-state index contributed by atoms with van der Waals surface area (Å²) in [6.45, 7) is 4.18. The van der Waals surface area contributed by atoms with Crippen LogP contribution in [-0.2, 0) is 10.0 Å². The van der Waals surface area contributed by atoms with Gasteiger partial charge in [0.15, 0.2) is 0 Å². The number of hydrogen-bond acceptors (Lipinski definition) is 4. The predicted octanol–water partition coefficient (Wildman–Crippen LogP) is 5.24. The molecule has 7 heteroatoms. The number of rotatable bonds is 5. The maximum absolute atomic E-state index is 13.5. The monoisotopic (exact) mass is 445 g/mol. The molecule has 2 aromatic carbocycles. The van der Waals surface area contributed by atoms with Gasteiger partial charge in [-0.05, 0) is 69.2 Å². The molecule has 1 aliphatic rings. The summed E-state index contributed by atoms with van der Waals surface area (Å²) in [5.74, 6) is 0.932. The molecule has 0 saturated carbocycles. The van der Waals surface area contributed by atoms with Crippen molar-refractivity contribution in [2.24, 2.45) is 0 Å². The van der Waals surface area contributed by atoms with Crippen molar-refractivity contribution in [3.63, 3.8) is 0 Å². The van der Waals surface area contributed by atoms with E-state index in [1.165, 1.54) is 6.07 Å². The van der Waals surface area contributed by atoms with Gasteiger partial charge < -0.3 is 9.52 Å². The Labute approximate surface area is 182 Å². The van der Waals surface area contributed by atoms with Gasteiger partial charge in [0.2, 0.25) is 10.0 Å². The summed E-state index contributed by atoms with van der Waals surface area (Å²) in [6.07, 6.45) is 1.38. The minimum absolute atomic E-state index is 0.0676. The van der Waals surface area contributed by atoms with Crippen LogP contribution < -0.4 is 0 Å². The highest BCUT2D eigenvalue weighted by Gasteiger charge is 2.42. The van der Waals surface area contributed by atoms with Gasteiger partial charge in [0.05, 0.1) is 10.8 Å². The summed E-state index contributed by atoms with van der Waals surface area (Å²) in [5.41, 5.74) is 1.56. The van der Waals surface area contributed by atoms with Crippen molar-refractivity contribution < 1.29 is 17.9 Å². The van der Waals surface area contributed by atoms with Gasteiger partial charge in [-0.3, -0.25) is 0 Å². The van der Waals surface area contributed by atoms with E-state index >= 15 is 0 Å². The fourth-order valence-corrected chi connectivity index (χ4v) is 6.07. The molecule has 0 bridgehead atoms. The van der Waals surface area contributed by atoms with E-state index in [0.717, 1.165) is 17.7 Å². The van der Waals surface area contributed by atoms with Crippen molar-refractivity contribution in [1.82, 2.24) is 4.31 Å². The van der Waals surface area contributed by atoms with E-state index in [1.807, 2.05) is 26.0 Å². The Morgan fingerprint density at radius 1 is 1.10 bits per heavy atom. The van der Waals surface area contributed by atoms with Crippen molar-refractivity contribution in [2.75, 3.05) is 6.54 Å². The molecule has 0 aliphatic carbocycles. The molecule has 5 nitrogen and oxygen atoms in total. The number of aromatic hydroxyl groups is 1. The number of sulfonamides is 1. The molecule has 1 fully saturated rings. The third-order valence-corrected chi connectivity index (χ3v) is 7.83. The number of hydrogen-bond donors (Lipinski definition) is 1. The van der Waals surface area contributed by atoms with Crippen LogP contribution in [0.1, 0.15) is 41.4 Å². The molecule has 0 spiro atoms. The van der Waals surface area contributed by atoms with Crippen LogP contribution >= 0.6 is 11.6 Å². The molecule has 1 N–H and O–H groups in total. The zero-order chi connectivity index (χ0) is 21.5. The standard InChI is InChI=1S/C23H24ClNO4S/c1-15-5-9-18(10-6-15)30(27,28)25-13-3-4-20(25)23(22-12-7-16(2)29-22)19-14-17(24)8-11-21(19)26/h5-12,14,20,23,26H,3-4,13H2,1-2H3/t20-,23-/m1/s1. The average Bonchev–Trinajstić information content (AvgIpc) is 3.35. The average molecular weight is 446 g/mol. The minimum atomic E-state index is -3.70. The number of phenols is 1. The number of benzene rings is 2. The molecule has 4 rings (SSSR count). The zero-order valence-electron chi connectivity index (χ0n) is 16.9. The lowest BCUT2D eigenvalue weighted by atomic mass is 9.87. The topological polar surface area (TPSA) is 70.8 Å². The fourth-order valence-electron chi connectivity index (χ4n) is 4.19. The first-order valence-electron chi connectivity index (χ1n) is 9.90. The van der Waals surface area contributed by atoms with E-state index < -0.39 is 22.0 Å². The van der Waals surface area contributed by atoms with Crippen LogP contribution in [0.2, 0.25) is 5.02 Å². The van der Waals surface area contributed by atoms with Gasteiger partial charge >= 0.3 is 0 Å².